The third kappa shape index (κ3) is 2.95. The van der Waals surface area contributed by atoms with Gasteiger partial charge in [0.1, 0.15) is 5.41 Å². The van der Waals surface area contributed by atoms with E-state index < -0.39 is 5.41 Å². The summed E-state index contributed by atoms with van der Waals surface area (Å²) in [4.78, 5) is 14.0. The van der Waals surface area contributed by atoms with Crippen LogP contribution in [-0.4, -0.2) is 17.5 Å². The van der Waals surface area contributed by atoms with Gasteiger partial charge in [0.25, 0.3) is 0 Å². The monoisotopic (exact) mass is 457 g/mol. The second kappa shape index (κ2) is 6.87. The molecule has 5 rings (SSSR count). The summed E-state index contributed by atoms with van der Waals surface area (Å²) in [6.07, 6.45) is 4.00. The Morgan fingerprint density at radius 1 is 1.00 bits per heavy atom. The molecule has 2 heterocycles. The van der Waals surface area contributed by atoms with E-state index in [2.05, 4.69) is 31.4 Å². The van der Waals surface area contributed by atoms with Crippen LogP contribution in [0, 0.1) is 5.41 Å². The van der Waals surface area contributed by atoms with Gasteiger partial charge in [-0.2, -0.15) is 0 Å². The molecule has 2 aliphatic heterocycles. The molecule has 2 aromatic rings. The minimum atomic E-state index is -0.750. The molecule has 6 heteroatoms. The number of nitrogen functional groups attached to an aromatic ring is 1. The normalized spacial score (nSPS) is 30.5. The minimum absolute atomic E-state index is 0.0462. The molecule has 0 bridgehead atoms. The average molecular weight is 458 g/mol. The largest absolute Gasteiger partial charge is 0.399 e. The first-order valence-corrected chi connectivity index (χ1v) is 11.8. The summed E-state index contributed by atoms with van der Waals surface area (Å²) in [7, 11) is 0. The van der Waals surface area contributed by atoms with Crippen molar-refractivity contribution in [1.82, 2.24) is 5.32 Å². The molecule has 0 aromatic heterocycles. The van der Waals surface area contributed by atoms with Gasteiger partial charge in [-0.3, -0.25) is 4.79 Å². The van der Waals surface area contributed by atoms with Gasteiger partial charge in [-0.1, -0.05) is 43.1 Å². The van der Waals surface area contributed by atoms with Gasteiger partial charge < -0.3 is 16.4 Å². The van der Waals surface area contributed by atoms with Gasteiger partial charge in [-0.05, 0) is 79.5 Å². The van der Waals surface area contributed by atoms with Gasteiger partial charge in [0.15, 0.2) is 0 Å². The third-order valence-corrected chi connectivity index (χ3v) is 8.45. The lowest BCUT2D eigenvalue weighted by molar-refractivity contribution is -0.124. The number of carbonyl (C=O) groups is 1. The van der Waals surface area contributed by atoms with Gasteiger partial charge >= 0.3 is 0 Å². The van der Waals surface area contributed by atoms with Gasteiger partial charge in [0.05, 0.1) is 0 Å². The van der Waals surface area contributed by atoms with Gasteiger partial charge in [-0.15, -0.1) is 0 Å². The summed E-state index contributed by atoms with van der Waals surface area (Å²) in [6.45, 7) is 6.82. The zero-order chi connectivity index (χ0) is 22.2. The van der Waals surface area contributed by atoms with E-state index in [1.165, 1.54) is 0 Å². The second-order valence-electron chi connectivity index (χ2n) is 10.4. The van der Waals surface area contributed by atoms with Crippen molar-refractivity contribution in [2.24, 2.45) is 5.41 Å². The van der Waals surface area contributed by atoms with Crippen LogP contribution in [0.3, 0.4) is 0 Å². The highest BCUT2D eigenvalue weighted by Gasteiger charge is 2.70. The molecule has 1 amide bonds. The van der Waals surface area contributed by atoms with Crippen molar-refractivity contribution < 1.29 is 4.79 Å². The Bertz CT molecular complexity index is 1050. The molecule has 3 atom stereocenters. The van der Waals surface area contributed by atoms with Crippen molar-refractivity contribution in [3.63, 3.8) is 0 Å². The Balaban J connectivity index is 1.77. The second-order valence-corrected chi connectivity index (χ2v) is 11.3. The molecule has 1 saturated carbocycles. The van der Waals surface area contributed by atoms with E-state index in [0.29, 0.717) is 15.7 Å². The zero-order valence-electron chi connectivity index (χ0n) is 18.2. The first-order valence-electron chi connectivity index (χ1n) is 11.0. The standard InChI is InChI=1S/C25H29Cl2N3O/c1-14-21(15-10-17(27)12-18(28)11-15)25(24(30-14)8-6-23(2,3)7-9-24)19-5-4-16(26)13-20(19)29-22(25)31/h4-5,10-14,21,30H,6-9,28H2,1-3H3,(H,29,31)/t14-,21+,25+/m0/s1. The van der Waals surface area contributed by atoms with E-state index in [1.54, 1.807) is 6.07 Å². The molecule has 2 spiro atoms. The van der Waals surface area contributed by atoms with Crippen LogP contribution in [-0.2, 0) is 10.2 Å². The fourth-order valence-corrected chi connectivity index (χ4v) is 7.07. The molecule has 4 nitrogen and oxygen atoms in total. The van der Waals surface area contributed by atoms with Crippen molar-refractivity contribution in [3.05, 3.63) is 57.6 Å². The molecule has 0 unspecified atom stereocenters. The Labute approximate surface area is 193 Å². The van der Waals surface area contributed by atoms with E-state index in [0.717, 1.165) is 42.5 Å². The Hall–Kier alpha value is -1.75. The number of nitrogens with two attached hydrogens (primary N) is 1. The number of carbonyl (C=O) groups excluding carboxylic acids is 1. The summed E-state index contributed by atoms with van der Waals surface area (Å²) in [5.74, 6) is -0.0537. The summed E-state index contributed by atoms with van der Waals surface area (Å²) < 4.78 is 0. The summed E-state index contributed by atoms with van der Waals surface area (Å²) >= 11 is 12.7. The van der Waals surface area contributed by atoms with Crippen molar-refractivity contribution in [1.29, 1.82) is 0 Å². The maximum atomic E-state index is 14.0. The van der Waals surface area contributed by atoms with Crippen LogP contribution in [0.4, 0.5) is 11.4 Å². The molecule has 3 aliphatic rings. The molecule has 31 heavy (non-hydrogen) atoms. The number of hydrogen-bond donors (Lipinski definition) is 3. The lowest BCUT2D eigenvalue weighted by Gasteiger charge is -2.50. The number of anilines is 2. The molecule has 2 aromatic carbocycles. The Morgan fingerprint density at radius 2 is 1.71 bits per heavy atom. The first kappa shape index (κ1) is 21.1. The molecule has 0 radical (unpaired) electrons. The summed E-state index contributed by atoms with van der Waals surface area (Å²) in [6, 6.07) is 11.6. The first-order chi connectivity index (χ1) is 14.6. The summed E-state index contributed by atoms with van der Waals surface area (Å²) in [5, 5.41) is 8.34. The van der Waals surface area contributed by atoms with E-state index in [-0.39, 0.29) is 28.8 Å². The fraction of sp³-hybridized carbons (Fsp3) is 0.480. The quantitative estimate of drug-likeness (QED) is 0.468. The molecule has 4 N–H and O–H groups in total. The predicted octanol–water partition coefficient (Wildman–Crippen LogP) is 5.88. The van der Waals surface area contributed by atoms with Gasteiger partial charge in [-0.25, -0.2) is 0 Å². The number of rotatable bonds is 1. The maximum absolute atomic E-state index is 14.0. The number of amides is 1. The van der Waals surface area contributed by atoms with Gasteiger partial charge in [0.2, 0.25) is 5.91 Å². The highest BCUT2D eigenvalue weighted by atomic mass is 35.5. The third-order valence-electron chi connectivity index (χ3n) is 8.00. The van der Waals surface area contributed by atoms with Crippen LogP contribution in [0.2, 0.25) is 10.0 Å². The maximum Gasteiger partial charge on any atom is 0.237 e. The lowest BCUT2D eigenvalue weighted by Crippen LogP contribution is -2.61. The van der Waals surface area contributed by atoms with Crippen LogP contribution < -0.4 is 16.4 Å². The number of nitrogens with one attached hydrogen (secondary N) is 2. The highest BCUT2D eigenvalue weighted by Crippen LogP contribution is 2.63. The minimum Gasteiger partial charge on any atom is -0.399 e. The van der Waals surface area contributed by atoms with Crippen molar-refractivity contribution in [2.75, 3.05) is 11.1 Å². The van der Waals surface area contributed by atoms with Crippen molar-refractivity contribution >= 4 is 40.5 Å². The van der Waals surface area contributed by atoms with E-state index in [1.807, 2.05) is 30.3 Å². The number of benzene rings is 2. The number of fused-ring (bicyclic) bond motifs is 3. The van der Waals surface area contributed by atoms with E-state index in [9.17, 15) is 4.79 Å². The molecule has 1 aliphatic carbocycles. The molecular weight excluding hydrogens is 429 g/mol. The molecule has 2 fully saturated rings. The van der Waals surface area contributed by atoms with E-state index >= 15 is 0 Å². The SMILES string of the molecule is C[C@@H]1NC2(CCC(C)(C)CC2)[C@@]2(C(=O)Nc3cc(Cl)ccc32)[C@H]1c1cc(N)cc(Cl)c1. The van der Waals surface area contributed by atoms with Gasteiger partial charge in [0, 0.05) is 38.9 Å². The average Bonchev–Trinajstić information content (AvgIpc) is 3.09. The number of halogens is 2. The van der Waals surface area contributed by atoms with Crippen LogP contribution in [0.5, 0.6) is 0 Å². The van der Waals surface area contributed by atoms with E-state index in [4.69, 9.17) is 28.9 Å². The number of hydrogen-bond acceptors (Lipinski definition) is 3. The fourth-order valence-electron chi connectivity index (χ4n) is 6.64. The lowest BCUT2D eigenvalue weighted by atomic mass is 9.53. The molecule has 164 valence electrons. The molecular formula is C25H29Cl2N3O. The van der Waals surface area contributed by atoms with Crippen LogP contribution >= 0.6 is 23.2 Å². The van der Waals surface area contributed by atoms with Crippen molar-refractivity contribution in [2.45, 2.75) is 69.4 Å². The topological polar surface area (TPSA) is 67.2 Å². The predicted molar refractivity (Wildman–Crippen MR) is 128 cm³/mol. The van der Waals surface area contributed by atoms with Crippen molar-refractivity contribution in [3.8, 4) is 0 Å². The van der Waals surface area contributed by atoms with Crippen LogP contribution in [0.25, 0.3) is 0 Å². The Kier molecular flexibility index (Phi) is 4.68. The summed E-state index contributed by atoms with van der Waals surface area (Å²) in [5.41, 5.74) is 8.84. The Morgan fingerprint density at radius 3 is 2.39 bits per heavy atom. The highest BCUT2D eigenvalue weighted by molar-refractivity contribution is 6.31. The van der Waals surface area contributed by atoms with Crippen LogP contribution in [0.1, 0.15) is 63.5 Å². The smallest absolute Gasteiger partial charge is 0.237 e. The molecule has 1 saturated heterocycles. The zero-order valence-corrected chi connectivity index (χ0v) is 19.7. The van der Waals surface area contributed by atoms with Crippen LogP contribution in [0.15, 0.2) is 36.4 Å².